The number of nitrogens with zero attached hydrogens (tertiary/aromatic N) is 5. The first kappa shape index (κ1) is 20.3. The zero-order valence-electron chi connectivity index (χ0n) is 17.8. The third-order valence-corrected chi connectivity index (χ3v) is 5.03. The largest absolute Gasteiger partial charge is 0.492 e. The summed E-state index contributed by atoms with van der Waals surface area (Å²) in [7, 11) is 0. The molecule has 0 aliphatic carbocycles. The zero-order chi connectivity index (χ0) is 21.3. The third-order valence-electron chi connectivity index (χ3n) is 5.03. The number of hydrogen-bond acceptors (Lipinski definition) is 6. The molecule has 1 aromatic carbocycles. The summed E-state index contributed by atoms with van der Waals surface area (Å²) in [5.74, 6) is 1.49. The van der Waals surface area contributed by atoms with E-state index in [0.717, 1.165) is 17.0 Å². The van der Waals surface area contributed by atoms with Gasteiger partial charge in [-0.05, 0) is 43.5 Å². The number of amides is 1. The average molecular weight is 409 g/mol. The quantitative estimate of drug-likeness (QED) is 0.644. The Morgan fingerprint density at radius 3 is 2.93 bits per heavy atom. The summed E-state index contributed by atoms with van der Waals surface area (Å²) in [5.41, 5.74) is 3.32. The van der Waals surface area contributed by atoms with Gasteiger partial charge in [0.2, 0.25) is 0 Å². The second kappa shape index (κ2) is 8.39. The number of benzene rings is 1. The second-order valence-corrected chi connectivity index (χ2v) is 8.11. The molecule has 1 aliphatic rings. The van der Waals surface area contributed by atoms with Crippen molar-refractivity contribution in [3.8, 4) is 5.75 Å². The van der Waals surface area contributed by atoms with E-state index in [1.54, 1.807) is 4.52 Å². The molecule has 0 spiro atoms. The van der Waals surface area contributed by atoms with Crippen LogP contribution >= 0.6 is 0 Å². The smallest absolute Gasteiger partial charge is 0.257 e. The second-order valence-electron chi connectivity index (χ2n) is 8.11. The minimum Gasteiger partial charge on any atom is -0.492 e. The van der Waals surface area contributed by atoms with Crippen LogP contribution in [0.2, 0.25) is 0 Å². The van der Waals surface area contributed by atoms with Crippen LogP contribution in [0.4, 0.5) is 0 Å². The highest BCUT2D eigenvalue weighted by molar-refractivity contribution is 5.97. The van der Waals surface area contributed by atoms with E-state index >= 15 is 0 Å². The monoisotopic (exact) mass is 409 g/mol. The SMILES string of the molecule is Cc1ccc(C(=O)N2CCOC(c3cc(C)nc4ncnn34)C2)c(OCC(C)C)c1. The summed E-state index contributed by atoms with van der Waals surface area (Å²) in [6.07, 6.45) is 1.17. The van der Waals surface area contributed by atoms with Gasteiger partial charge in [0.05, 0.1) is 31.0 Å². The van der Waals surface area contributed by atoms with Crippen LogP contribution in [-0.4, -0.2) is 56.7 Å². The van der Waals surface area contributed by atoms with Crippen LogP contribution in [0, 0.1) is 19.8 Å². The Hall–Kier alpha value is -3.00. The topological polar surface area (TPSA) is 81.9 Å². The Bertz CT molecular complexity index is 1060. The van der Waals surface area contributed by atoms with Crippen LogP contribution < -0.4 is 4.74 Å². The molecule has 0 bridgehead atoms. The first-order chi connectivity index (χ1) is 14.4. The molecule has 1 aliphatic heterocycles. The number of morpholine rings is 1. The lowest BCUT2D eigenvalue weighted by molar-refractivity contribution is -0.0258. The highest BCUT2D eigenvalue weighted by Gasteiger charge is 2.29. The number of fused-ring (bicyclic) bond motifs is 1. The molecule has 1 amide bonds. The molecule has 8 heteroatoms. The predicted molar refractivity (Wildman–Crippen MR) is 112 cm³/mol. The Morgan fingerprint density at radius 1 is 1.30 bits per heavy atom. The fourth-order valence-electron chi connectivity index (χ4n) is 3.55. The molecule has 3 heterocycles. The van der Waals surface area contributed by atoms with Crippen molar-refractivity contribution in [2.45, 2.75) is 33.8 Å². The van der Waals surface area contributed by atoms with Crippen LogP contribution in [0.1, 0.15) is 47.3 Å². The van der Waals surface area contributed by atoms with Gasteiger partial charge in [-0.2, -0.15) is 14.6 Å². The van der Waals surface area contributed by atoms with Gasteiger partial charge in [0.1, 0.15) is 18.2 Å². The van der Waals surface area contributed by atoms with E-state index in [0.29, 0.717) is 49.3 Å². The zero-order valence-corrected chi connectivity index (χ0v) is 17.8. The molecule has 1 atom stereocenters. The third kappa shape index (κ3) is 4.14. The normalized spacial score (nSPS) is 17.0. The van der Waals surface area contributed by atoms with E-state index in [-0.39, 0.29) is 12.0 Å². The summed E-state index contributed by atoms with van der Waals surface area (Å²) >= 11 is 0. The summed E-state index contributed by atoms with van der Waals surface area (Å²) in [6.45, 7) is 10.0. The number of rotatable bonds is 5. The number of aromatic nitrogens is 4. The van der Waals surface area contributed by atoms with Crippen LogP contribution in [0.15, 0.2) is 30.6 Å². The molecule has 1 saturated heterocycles. The maximum absolute atomic E-state index is 13.4. The first-order valence-corrected chi connectivity index (χ1v) is 10.2. The van der Waals surface area contributed by atoms with Gasteiger partial charge < -0.3 is 14.4 Å². The Kier molecular flexibility index (Phi) is 5.67. The molecule has 1 unspecified atom stereocenters. The molecule has 158 valence electrons. The Balaban J connectivity index is 1.59. The molecule has 3 aromatic rings. The van der Waals surface area contributed by atoms with E-state index in [1.807, 2.05) is 43.0 Å². The minimum atomic E-state index is -0.306. The van der Waals surface area contributed by atoms with Gasteiger partial charge in [0.25, 0.3) is 11.7 Å². The molecule has 2 aromatic heterocycles. The molecule has 0 radical (unpaired) electrons. The number of aryl methyl sites for hydroxylation is 2. The lowest BCUT2D eigenvalue weighted by Gasteiger charge is -2.33. The number of carbonyl (C=O) groups excluding carboxylic acids is 1. The van der Waals surface area contributed by atoms with Gasteiger partial charge in [-0.3, -0.25) is 4.79 Å². The number of carbonyl (C=O) groups is 1. The van der Waals surface area contributed by atoms with E-state index in [2.05, 4.69) is 28.9 Å². The molecule has 1 fully saturated rings. The van der Waals surface area contributed by atoms with Gasteiger partial charge in [-0.15, -0.1) is 0 Å². The Morgan fingerprint density at radius 2 is 2.13 bits per heavy atom. The van der Waals surface area contributed by atoms with E-state index < -0.39 is 0 Å². The maximum atomic E-state index is 13.4. The van der Waals surface area contributed by atoms with Crippen molar-refractivity contribution in [1.29, 1.82) is 0 Å². The highest BCUT2D eigenvalue weighted by atomic mass is 16.5. The average Bonchev–Trinajstić information content (AvgIpc) is 3.19. The lowest BCUT2D eigenvalue weighted by Crippen LogP contribution is -2.43. The van der Waals surface area contributed by atoms with E-state index in [9.17, 15) is 4.79 Å². The minimum absolute atomic E-state index is 0.0531. The Labute approximate surface area is 175 Å². The molecule has 4 rings (SSSR count). The fourth-order valence-corrected chi connectivity index (χ4v) is 3.55. The fraction of sp³-hybridized carbons (Fsp3) is 0.455. The van der Waals surface area contributed by atoms with Gasteiger partial charge in [-0.1, -0.05) is 19.9 Å². The van der Waals surface area contributed by atoms with Crippen LogP contribution in [0.3, 0.4) is 0 Å². The van der Waals surface area contributed by atoms with Crippen molar-refractivity contribution >= 4 is 11.7 Å². The van der Waals surface area contributed by atoms with Crippen molar-refractivity contribution in [2.75, 3.05) is 26.3 Å². The van der Waals surface area contributed by atoms with Crippen LogP contribution in [0.25, 0.3) is 5.78 Å². The van der Waals surface area contributed by atoms with Crippen LogP contribution in [-0.2, 0) is 4.74 Å². The molecule has 8 nitrogen and oxygen atoms in total. The predicted octanol–water partition coefficient (Wildman–Crippen LogP) is 2.99. The molecular formula is C22H27N5O3. The van der Waals surface area contributed by atoms with Crippen molar-refractivity contribution in [2.24, 2.45) is 5.92 Å². The summed E-state index contributed by atoms with van der Waals surface area (Å²) in [6, 6.07) is 7.66. The van der Waals surface area contributed by atoms with E-state index in [4.69, 9.17) is 9.47 Å². The number of ether oxygens (including phenoxy) is 2. The van der Waals surface area contributed by atoms with Gasteiger partial charge in [-0.25, -0.2) is 4.98 Å². The van der Waals surface area contributed by atoms with Gasteiger partial charge >= 0.3 is 0 Å². The standard InChI is InChI=1S/C22H27N5O3/c1-14(2)12-30-19-9-15(3)5-6-17(19)21(28)26-7-8-29-20(11-26)18-10-16(4)25-22-23-13-24-27(18)22/h5-6,9-10,13-14,20H,7-8,11-12H2,1-4H3. The lowest BCUT2D eigenvalue weighted by atomic mass is 10.1. The van der Waals surface area contributed by atoms with Crippen molar-refractivity contribution in [3.05, 3.63) is 53.1 Å². The molecular weight excluding hydrogens is 382 g/mol. The summed E-state index contributed by atoms with van der Waals surface area (Å²) in [4.78, 5) is 23.8. The molecule has 0 N–H and O–H groups in total. The first-order valence-electron chi connectivity index (χ1n) is 10.2. The van der Waals surface area contributed by atoms with Gasteiger partial charge in [0, 0.05) is 12.2 Å². The summed E-state index contributed by atoms with van der Waals surface area (Å²) < 4.78 is 13.6. The van der Waals surface area contributed by atoms with Crippen molar-refractivity contribution < 1.29 is 14.3 Å². The van der Waals surface area contributed by atoms with Crippen molar-refractivity contribution in [1.82, 2.24) is 24.5 Å². The highest BCUT2D eigenvalue weighted by Crippen LogP contribution is 2.27. The van der Waals surface area contributed by atoms with Gasteiger partial charge in [0.15, 0.2) is 0 Å². The van der Waals surface area contributed by atoms with Crippen molar-refractivity contribution in [3.63, 3.8) is 0 Å². The summed E-state index contributed by atoms with van der Waals surface area (Å²) in [5, 5.41) is 4.27. The molecule has 30 heavy (non-hydrogen) atoms. The number of hydrogen-bond donors (Lipinski definition) is 0. The maximum Gasteiger partial charge on any atom is 0.257 e. The van der Waals surface area contributed by atoms with Crippen LogP contribution in [0.5, 0.6) is 5.75 Å². The van der Waals surface area contributed by atoms with E-state index in [1.165, 1.54) is 6.33 Å². The molecule has 0 saturated carbocycles.